The smallest absolute Gasteiger partial charge is 0.324 e. The van der Waals surface area contributed by atoms with Gasteiger partial charge >= 0.3 is 6.03 Å². The maximum atomic E-state index is 12.4. The first-order valence-electron chi connectivity index (χ1n) is 8.20. The van der Waals surface area contributed by atoms with Crippen LogP contribution >= 0.6 is 23.4 Å². The number of carbonyl (C=O) groups is 2. The lowest BCUT2D eigenvalue weighted by Crippen LogP contribution is -2.37. The highest BCUT2D eigenvalue weighted by atomic mass is 35.5. The molecule has 3 amide bonds. The van der Waals surface area contributed by atoms with Gasteiger partial charge in [-0.25, -0.2) is 4.79 Å². The molecule has 8 heteroatoms. The number of nitrogens with zero attached hydrogens (tertiary/aromatic N) is 1. The number of carbonyl (C=O) groups excluding carboxylic acids is 2. The van der Waals surface area contributed by atoms with Gasteiger partial charge in [0.25, 0.3) is 5.91 Å². The molecule has 1 aliphatic rings. The van der Waals surface area contributed by atoms with Crippen LogP contribution in [0, 0.1) is 0 Å². The molecule has 2 atom stereocenters. The van der Waals surface area contributed by atoms with Crippen LogP contribution in [-0.2, 0) is 4.79 Å². The van der Waals surface area contributed by atoms with Gasteiger partial charge < -0.3 is 16.4 Å². The van der Waals surface area contributed by atoms with Gasteiger partial charge in [0.1, 0.15) is 0 Å². The molecule has 0 bridgehead atoms. The quantitative estimate of drug-likeness (QED) is 0.729. The number of amides is 3. The van der Waals surface area contributed by atoms with Crippen molar-refractivity contribution in [1.29, 1.82) is 0 Å². The summed E-state index contributed by atoms with van der Waals surface area (Å²) in [4.78, 5) is 26.6. The van der Waals surface area contributed by atoms with Gasteiger partial charge in [-0.05, 0) is 50.2 Å². The summed E-state index contributed by atoms with van der Waals surface area (Å²) in [6, 6.07) is 6.20. The summed E-state index contributed by atoms with van der Waals surface area (Å²) in [6.45, 7) is 8.04. The number of rotatable bonds is 4. The fourth-order valence-corrected chi connectivity index (χ4v) is 4.07. The highest BCUT2D eigenvalue weighted by molar-refractivity contribution is 8.03. The lowest BCUT2D eigenvalue weighted by molar-refractivity contribution is -0.114. The Labute approximate surface area is 162 Å². The fraction of sp³-hybridized carbons (Fsp3) is 0.333. The molecule has 140 valence electrons. The number of halogens is 1. The van der Waals surface area contributed by atoms with Gasteiger partial charge in [-0.3, -0.25) is 9.69 Å². The number of nitrogens with two attached hydrogens (primary N) is 1. The number of hydrogen-bond acceptors (Lipinski definition) is 4. The van der Waals surface area contributed by atoms with E-state index in [1.165, 1.54) is 11.8 Å². The van der Waals surface area contributed by atoms with Crippen molar-refractivity contribution in [3.63, 3.8) is 0 Å². The highest BCUT2D eigenvalue weighted by Crippen LogP contribution is 2.36. The molecular weight excluding hydrogens is 372 g/mol. The average Bonchev–Trinajstić information content (AvgIpc) is 2.67. The van der Waals surface area contributed by atoms with Gasteiger partial charge in [-0.1, -0.05) is 36.9 Å². The summed E-state index contributed by atoms with van der Waals surface area (Å²) in [7, 11) is 1.96. The molecule has 1 aromatic carbocycles. The number of benzene rings is 1. The molecule has 0 saturated carbocycles. The number of anilines is 1. The van der Waals surface area contributed by atoms with E-state index in [4.69, 9.17) is 17.3 Å². The van der Waals surface area contributed by atoms with E-state index in [1.54, 1.807) is 24.3 Å². The lowest BCUT2D eigenvalue weighted by atomic mass is 10.0. The van der Waals surface area contributed by atoms with Crippen LogP contribution in [0.4, 0.5) is 10.5 Å². The van der Waals surface area contributed by atoms with Crippen molar-refractivity contribution in [3.8, 4) is 0 Å². The molecular formula is C18H23ClN4O2S. The summed E-state index contributed by atoms with van der Waals surface area (Å²) >= 11 is 7.24. The van der Waals surface area contributed by atoms with Crippen LogP contribution in [0.15, 0.2) is 47.0 Å². The first-order valence-corrected chi connectivity index (χ1v) is 9.45. The van der Waals surface area contributed by atoms with Crippen molar-refractivity contribution in [2.24, 2.45) is 5.73 Å². The molecule has 0 spiro atoms. The minimum absolute atomic E-state index is 0.0735. The van der Waals surface area contributed by atoms with Gasteiger partial charge in [0.2, 0.25) is 0 Å². The molecule has 2 rings (SSSR count). The van der Waals surface area contributed by atoms with Crippen molar-refractivity contribution >= 4 is 41.0 Å². The number of primary amides is 1. The van der Waals surface area contributed by atoms with Crippen LogP contribution in [0.25, 0.3) is 0 Å². The topological polar surface area (TPSA) is 87.5 Å². The highest BCUT2D eigenvalue weighted by Gasteiger charge is 2.32. The van der Waals surface area contributed by atoms with Crippen molar-refractivity contribution in [2.45, 2.75) is 31.7 Å². The van der Waals surface area contributed by atoms with Gasteiger partial charge in [0.15, 0.2) is 0 Å². The number of urea groups is 1. The standard InChI is InChI=1S/C18H23ClN4O2S/c1-5-14-23(4)11(3)10(2)15(16(20)24)17(26-14)22-18(25)21-13-8-6-12(19)7-9-13/h6-9,11,14H,2,5H2,1,3-4H3,(H2,20,24)(H2,21,22,25)/t11?,14-/m0/s1. The first-order chi connectivity index (χ1) is 12.2. The van der Waals surface area contributed by atoms with Crippen LogP contribution < -0.4 is 16.4 Å². The molecule has 1 aromatic rings. The Morgan fingerprint density at radius 2 is 1.92 bits per heavy atom. The maximum Gasteiger partial charge on any atom is 0.324 e. The summed E-state index contributed by atoms with van der Waals surface area (Å²) in [5.74, 6) is -0.610. The normalized spacial score (nSPS) is 21.3. The van der Waals surface area contributed by atoms with Crippen molar-refractivity contribution in [1.82, 2.24) is 10.2 Å². The molecule has 0 aliphatic carbocycles. The van der Waals surface area contributed by atoms with Crippen LogP contribution in [0.1, 0.15) is 20.3 Å². The summed E-state index contributed by atoms with van der Waals surface area (Å²) in [5.41, 5.74) is 7.02. The van der Waals surface area contributed by atoms with Gasteiger partial charge in [-0.15, -0.1) is 0 Å². The van der Waals surface area contributed by atoms with Crippen LogP contribution in [0.3, 0.4) is 0 Å². The monoisotopic (exact) mass is 394 g/mol. The second kappa shape index (κ2) is 8.62. The van der Waals surface area contributed by atoms with E-state index in [1.807, 2.05) is 20.9 Å². The molecule has 0 fully saturated rings. The third-order valence-corrected chi connectivity index (χ3v) is 6.03. The Balaban J connectivity index is 2.28. The maximum absolute atomic E-state index is 12.4. The number of thioether (sulfide) groups is 1. The summed E-state index contributed by atoms with van der Waals surface area (Å²) < 4.78 is 0. The molecule has 0 saturated heterocycles. The van der Waals surface area contributed by atoms with E-state index in [2.05, 4.69) is 22.1 Å². The van der Waals surface area contributed by atoms with E-state index in [9.17, 15) is 9.59 Å². The van der Waals surface area contributed by atoms with E-state index < -0.39 is 11.9 Å². The average molecular weight is 395 g/mol. The third kappa shape index (κ3) is 4.60. The Hall–Kier alpha value is -1.96. The fourth-order valence-electron chi connectivity index (χ4n) is 2.66. The Morgan fingerprint density at radius 1 is 1.31 bits per heavy atom. The van der Waals surface area contributed by atoms with E-state index in [-0.39, 0.29) is 17.0 Å². The Bertz CT molecular complexity index is 748. The molecule has 1 aliphatic heterocycles. The number of nitrogens with one attached hydrogen (secondary N) is 2. The van der Waals surface area contributed by atoms with Gasteiger partial charge in [-0.2, -0.15) is 0 Å². The van der Waals surface area contributed by atoms with Crippen molar-refractivity contribution in [3.05, 3.63) is 52.0 Å². The van der Waals surface area contributed by atoms with Crippen LogP contribution in [0.2, 0.25) is 5.02 Å². The lowest BCUT2D eigenvalue weighted by Gasteiger charge is -2.30. The van der Waals surface area contributed by atoms with E-state index in [0.717, 1.165) is 6.42 Å². The van der Waals surface area contributed by atoms with E-state index in [0.29, 0.717) is 21.3 Å². The van der Waals surface area contributed by atoms with Crippen molar-refractivity contribution in [2.75, 3.05) is 12.4 Å². The Kier molecular flexibility index (Phi) is 6.75. The Morgan fingerprint density at radius 3 is 2.46 bits per heavy atom. The third-order valence-electron chi connectivity index (χ3n) is 4.30. The predicted molar refractivity (Wildman–Crippen MR) is 108 cm³/mol. The van der Waals surface area contributed by atoms with Gasteiger partial charge in [0.05, 0.1) is 16.0 Å². The number of hydrogen-bond donors (Lipinski definition) is 3. The van der Waals surface area contributed by atoms with Crippen LogP contribution in [-0.4, -0.2) is 35.3 Å². The molecule has 0 aromatic heterocycles. The first kappa shape index (κ1) is 20.4. The van der Waals surface area contributed by atoms with Crippen molar-refractivity contribution < 1.29 is 9.59 Å². The largest absolute Gasteiger partial charge is 0.366 e. The summed E-state index contributed by atoms with van der Waals surface area (Å²) in [6.07, 6.45) is 0.828. The predicted octanol–water partition coefficient (Wildman–Crippen LogP) is 3.52. The molecule has 0 radical (unpaired) electrons. The SMILES string of the molecule is C=C1C(C(N)=O)=C(NC(=O)Nc2ccc(Cl)cc2)S[C@@H](CC)N(C)C1C. The molecule has 26 heavy (non-hydrogen) atoms. The van der Waals surface area contributed by atoms with Crippen LogP contribution in [0.5, 0.6) is 0 Å². The summed E-state index contributed by atoms with van der Waals surface area (Å²) in [5, 5.41) is 6.54. The second-order valence-electron chi connectivity index (χ2n) is 6.00. The van der Waals surface area contributed by atoms with Gasteiger partial charge in [0, 0.05) is 16.8 Å². The second-order valence-corrected chi connectivity index (χ2v) is 7.63. The zero-order valence-corrected chi connectivity index (χ0v) is 16.6. The zero-order valence-electron chi connectivity index (χ0n) is 15.0. The molecule has 1 heterocycles. The zero-order chi connectivity index (χ0) is 19.4. The number of likely N-dealkylation sites (N-methyl/N-ethyl adjacent to an activating group) is 1. The minimum Gasteiger partial charge on any atom is -0.366 e. The molecule has 6 nitrogen and oxygen atoms in total. The molecule has 1 unspecified atom stereocenters. The molecule has 4 N–H and O–H groups in total. The van der Waals surface area contributed by atoms with E-state index >= 15 is 0 Å². The minimum atomic E-state index is -0.610.